The summed E-state index contributed by atoms with van der Waals surface area (Å²) in [6.45, 7) is 4.32. The summed E-state index contributed by atoms with van der Waals surface area (Å²) >= 11 is 0. The Morgan fingerprint density at radius 2 is 1.55 bits per heavy atom. The van der Waals surface area contributed by atoms with Gasteiger partial charge in [0, 0.05) is 18.7 Å². The molecule has 1 aromatic carbocycles. The van der Waals surface area contributed by atoms with E-state index in [4.69, 9.17) is 0 Å². The summed E-state index contributed by atoms with van der Waals surface area (Å²) in [5.41, 5.74) is 3.11. The fraction of sp³-hybridized carbons (Fsp3) is 0.542. The van der Waals surface area contributed by atoms with Gasteiger partial charge in [0.05, 0.1) is 11.8 Å². The highest BCUT2D eigenvalue weighted by molar-refractivity contribution is 6.06. The van der Waals surface area contributed by atoms with Gasteiger partial charge in [-0.1, -0.05) is 44.2 Å². The average Bonchev–Trinajstić information content (AvgIpc) is 3.51. The number of amides is 3. The first-order chi connectivity index (χ1) is 14.0. The van der Waals surface area contributed by atoms with E-state index in [0.717, 1.165) is 36.1 Å². The number of imide groups is 1. The molecule has 1 aliphatic heterocycles. The van der Waals surface area contributed by atoms with E-state index in [9.17, 15) is 14.4 Å². The quantitative estimate of drug-likeness (QED) is 0.597. The van der Waals surface area contributed by atoms with E-state index in [1.807, 2.05) is 18.2 Å². The molecule has 0 aromatic heterocycles. The molecule has 1 heterocycles. The van der Waals surface area contributed by atoms with Gasteiger partial charge in [0.15, 0.2) is 0 Å². The molecule has 29 heavy (non-hydrogen) atoms. The minimum Gasteiger partial charge on any atom is -0.326 e. The van der Waals surface area contributed by atoms with Crippen molar-refractivity contribution >= 4 is 23.4 Å². The average molecular weight is 392 g/mol. The lowest BCUT2D eigenvalue weighted by atomic mass is 9.63. The Hall–Kier alpha value is -2.43. The van der Waals surface area contributed by atoms with Crippen LogP contribution in [0.3, 0.4) is 0 Å². The van der Waals surface area contributed by atoms with Crippen molar-refractivity contribution in [3.05, 3.63) is 41.5 Å². The highest BCUT2D eigenvalue weighted by Crippen LogP contribution is 2.65. The lowest BCUT2D eigenvalue weighted by Gasteiger charge is -2.37. The van der Waals surface area contributed by atoms with Gasteiger partial charge in [-0.05, 0) is 54.1 Å². The van der Waals surface area contributed by atoms with E-state index >= 15 is 0 Å². The minimum absolute atomic E-state index is 0.0549. The molecule has 2 saturated carbocycles. The normalized spacial score (nSPS) is 33.7. The van der Waals surface area contributed by atoms with E-state index in [2.05, 4.69) is 31.3 Å². The number of likely N-dealkylation sites (tertiary alicyclic amines) is 1. The van der Waals surface area contributed by atoms with Crippen molar-refractivity contribution in [2.24, 2.45) is 35.5 Å². The van der Waals surface area contributed by atoms with Gasteiger partial charge in [-0.15, -0.1) is 0 Å². The van der Waals surface area contributed by atoms with E-state index in [1.165, 1.54) is 4.90 Å². The molecule has 4 aliphatic carbocycles. The van der Waals surface area contributed by atoms with E-state index < -0.39 is 0 Å². The van der Waals surface area contributed by atoms with Crippen LogP contribution in [0, 0.1) is 35.5 Å². The first-order valence-corrected chi connectivity index (χ1v) is 11.0. The maximum Gasteiger partial charge on any atom is 0.233 e. The molecule has 0 radical (unpaired) electrons. The highest BCUT2D eigenvalue weighted by atomic mass is 16.2. The molecule has 3 fully saturated rings. The monoisotopic (exact) mass is 392 g/mol. The number of carbonyl (C=O) groups excluding carboxylic acids is 3. The van der Waals surface area contributed by atoms with Crippen molar-refractivity contribution in [2.75, 3.05) is 11.9 Å². The van der Waals surface area contributed by atoms with Gasteiger partial charge < -0.3 is 5.32 Å². The zero-order valence-electron chi connectivity index (χ0n) is 17.1. The number of anilines is 1. The van der Waals surface area contributed by atoms with Crippen LogP contribution in [-0.4, -0.2) is 29.2 Å². The van der Waals surface area contributed by atoms with Crippen molar-refractivity contribution < 1.29 is 14.4 Å². The van der Waals surface area contributed by atoms with Crippen LogP contribution < -0.4 is 5.32 Å². The molecule has 152 valence electrons. The van der Waals surface area contributed by atoms with Crippen LogP contribution in [0.25, 0.3) is 0 Å². The summed E-state index contributed by atoms with van der Waals surface area (Å²) in [4.78, 5) is 40.1. The number of hydrogen-bond donors (Lipinski definition) is 1. The van der Waals surface area contributed by atoms with Gasteiger partial charge in [-0.2, -0.15) is 0 Å². The topological polar surface area (TPSA) is 66.5 Å². The molecule has 0 spiro atoms. The Bertz CT molecular complexity index is 862. The Kier molecular flexibility index (Phi) is 4.37. The Balaban J connectivity index is 1.26. The van der Waals surface area contributed by atoms with Crippen molar-refractivity contribution in [1.82, 2.24) is 4.90 Å². The maximum absolute atomic E-state index is 13.0. The number of para-hydroxylation sites is 1. The van der Waals surface area contributed by atoms with Gasteiger partial charge >= 0.3 is 0 Å². The molecule has 1 aromatic rings. The second kappa shape index (κ2) is 6.82. The van der Waals surface area contributed by atoms with Gasteiger partial charge in [0.1, 0.15) is 0 Å². The maximum atomic E-state index is 13.0. The molecule has 6 atom stereocenters. The van der Waals surface area contributed by atoms with Gasteiger partial charge in [-0.3, -0.25) is 19.3 Å². The molecule has 1 N–H and O–H groups in total. The lowest BCUT2D eigenvalue weighted by molar-refractivity contribution is -0.140. The fourth-order valence-electron chi connectivity index (χ4n) is 6.06. The number of aryl methyl sites for hydroxylation is 2. The Labute approximate surface area is 171 Å². The number of nitrogens with one attached hydrogen (secondary N) is 1. The summed E-state index contributed by atoms with van der Waals surface area (Å²) in [5.74, 6) is 1.05. The van der Waals surface area contributed by atoms with Crippen molar-refractivity contribution in [3.8, 4) is 0 Å². The third-order valence-electron chi connectivity index (χ3n) is 7.58. The number of carbonyl (C=O) groups is 3. The Morgan fingerprint density at radius 3 is 2.07 bits per heavy atom. The predicted octanol–water partition coefficient (Wildman–Crippen LogP) is 3.19. The molecular formula is C24H28N2O3. The molecular weight excluding hydrogens is 364 g/mol. The van der Waals surface area contributed by atoms with Crippen LogP contribution in [0.4, 0.5) is 5.69 Å². The molecule has 0 unspecified atom stereocenters. The van der Waals surface area contributed by atoms with Gasteiger partial charge in [0.25, 0.3) is 0 Å². The predicted molar refractivity (Wildman–Crippen MR) is 110 cm³/mol. The minimum atomic E-state index is -0.183. The van der Waals surface area contributed by atoms with Crippen LogP contribution >= 0.6 is 0 Å². The van der Waals surface area contributed by atoms with Crippen LogP contribution in [0.2, 0.25) is 0 Å². The third kappa shape index (κ3) is 2.77. The van der Waals surface area contributed by atoms with Crippen molar-refractivity contribution in [2.45, 2.75) is 39.5 Å². The smallest absolute Gasteiger partial charge is 0.233 e. The summed E-state index contributed by atoms with van der Waals surface area (Å²) < 4.78 is 0. The summed E-state index contributed by atoms with van der Waals surface area (Å²) in [6.07, 6.45) is 7.34. The molecule has 6 rings (SSSR count). The highest BCUT2D eigenvalue weighted by Gasteiger charge is 2.66. The number of allylic oxidation sites excluding steroid dienone is 2. The Morgan fingerprint density at radius 1 is 1.00 bits per heavy atom. The molecule has 5 nitrogen and oxygen atoms in total. The number of nitrogens with zero attached hydrogens (tertiary/aromatic N) is 1. The SMILES string of the molecule is CCc1cccc(CC)c1NC(=O)CCN1C(=O)[C@@H]2[C@@H]3C=C[C@@H]([C@H]4C[C@@H]34)[C@@H]2C1=O. The number of benzene rings is 1. The largest absolute Gasteiger partial charge is 0.326 e. The molecule has 5 aliphatic rings. The van der Waals surface area contributed by atoms with E-state index in [-0.39, 0.29) is 54.4 Å². The van der Waals surface area contributed by atoms with Gasteiger partial charge in [0.2, 0.25) is 17.7 Å². The van der Waals surface area contributed by atoms with Crippen LogP contribution in [-0.2, 0) is 27.2 Å². The van der Waals surface area contributed by atoms with E-state index in [0.29, 0.717) is 11.8 Å². The first-order valence-electron chi connectivity index (χ1n) is 11.0. The summed E-state index contributed by atoms with van der Waals surface area (Å²) in [5, 5.41) is 3.04. The zero-order chi connectivity index (χ0) is 20.3. The molecule has 1 saturated heterocycles. The second-order valence-electron chi connectivity index (χ2n) is 8.94. The van der Waals surface area contributed by atoms with Crippen LogP contribution in [0.1, 0.15) is 37.8 Å². The summed E-state index contributed by atoms with van der Waals surface area (Å²) in [7, 11) is 0. The molecule has 2 bridgehead atoms. The van der Waals surface area contributed by atoms with E-state index in [1.54, 1.807) is 0 Å². The fourth-order valence-corrected chi connectivity index (χ4v) is 6.06. The molecule has 5 heteroatoms. The van der Waals surface area contributed by atoms with Gasteiger partial charge in [-0.25, -0.2) is 0 Å². The van der Waals surface area contributed by atoms with Crippen LogP contribution in [0.5, 0.6) is 0 Å². The number of rotatable bonds is 6. The first kappa shape index (κ1) is 18.6. The second-order valence-corrected chi connectivity index (χ2v) is 8.94. The summed E-state index contributed by atoms with van der Waals surface area (Å²) in [6, 6.07) is 6.08. The molecule has 3 amide bonds. The van der Waals surface area contributed by atoms with Crippen molar-refractivity contribution in [1.29, 1.82) is 0 Å². The van der Waals surface area contributed by atoms with Crippen molar-refractivity contribution in [3.63, 3.8) is 0 Å². The lowest BCUT2D eigenvalue weighted by Crippen LogP contribution is -2.40. The van der Waals surface area contributed by atoms with Crippen LogP contribution in [0.15, 0.2) is 30.4 Å². The standard InChI is InChI=1S/C24H28N2O3/c1-3-13-6-5-7-14(4-2)22(13)25-19(27)10-11-26-23(28)20-15-8-9-16(18-12-17(15)18)21(20)24(26)29/h5-9,15-18,20-21H,3-4,10-12H2,1-2H3,(H,25,27)/t15-,16+,17+,18-,20-,21+. The zero-order valence-corrected chi connectivity index (χ0v) is 17.1. The third-order valence-corrected chi connectivity index (χ3v) is 7.58. The number of hydrogen-bond acceptors (Lipinski definition) is 3.